The van der Waals surface area contributed by atoms with Gasteiger partial charge in [-0.15, -0.1) is 0 Å². The highest BCUT2D eigenvalue weighted by Crippen LogP contribution is 2.23. The summed E-state index contributed by atoms with van der Waals surface area (Å²) in [6, 6.07) is 16.7. The second-order valence-electron chi connectivity index (χ2n) is 6.30. The van der Waals surface area contributed by atoms with E-state index in [9.17, 15) is 17.6 Å². The minimum atomic E-state index is -3.45. The lowest BCUT2D eigenvalue weighted by Gasteiger charge is -2.10. The van der Waals surface area contributed by atoms with E-state index in [0.717, 1.165) is 11.8 Å². The van der Waals surface area contributed by atoms with E-state index in [4.69, 9.17) is 16.3 Å². The van der Waals surface area contributed by atoms with Crippen LogP contribution in [0.25, 0.3) is 0 Å². The van der Waals surface area contributed by atoms with Gasteiger partial charge in [0.05, 0.1) is 15.5 Å². The quantitative estimate of drug-likeness (QED) is 0.616. The Balaban J connectivity index is 1.64. The molecule has 5 nitrogen and oxygen atoms in total. The second-order valence-corrected chi connectivity index (χ2v) is 8.72. The molecule has 0 spiro atoms. The normalized spacial score (nSPS) is 11.1. The molecule has 1 N–H and O–H groups in total. The molecule has 0 saturated carbocycles. The lowest BCUT2D eigenvalue weighted by molar-refractivity contribution is 0.0951. The molecule has 0 atom stereocenters. The van der Waals surface area contributed by atoms with Crippen LogP contribution >= 0.6 is 11.6 Å². The summed E-state index contributed by atoms with van der Waals surface area (Å²) in [6.45, 7) is 0.217. The molecule has 0 bridgehead atoms. The smallest absolute Gasteiger partial charge is 0.253 e. The number of halogens is 2. The van der Waals surface area contributed by atoms with Gasteiger partial charge in [-0.1, -0.05) is 23.7 Å². The standard InChI is InChI=1S/C21H17ClFNO4S/c1-29(26,27)18-10-11-20(22)19(12-18)21(25)24-13-14-2-6-16(7-3-14)28-17-8-4-15(23)5-9-17/h2-12H,13H2,1H3,(H,24,25). The van der Waals surface area contributed by atoms with Gasteiger partial charge in [-0.3, -0.25) is 4.79 Å². The Labute approximate surface area is 173 Å². The Morgan fingerprint density at radius 1 is 1.00 bits per heavy atom. The summed E-state index contributed by atoms with van der Waals surface area (Å²) < 4.78 is 41.9. The van der Waals surface area contributed by atoms with Crippen LogP contribution in [0, 0.1) is 5.82 Å². The monoisotopic (exact) mass is 433 g/mol. The number of rotatable bonds is 6. The van der Waals surface area contributed by atoms with Crippen LogP contribution in [0.15, 0.2) is 71.6 Å². The molecule has 0 aliphatic heterocycles. The number of benzene rings is 3. The van der Waals surface area contributed by atoms with Gasteiger partial charge in [0.15, 0.2) is 9.84 Å². The highest BCUT2D eigenvalue weighted by molar-refractivity contribution is 7.90. The molecule has 1 amide bonds. The molecule has 3 rings (SSSR count). The Bertz CT molecular complexity index is 1130. The summed E-state index contributed by atoms with van der Waals surface area (Å²) in [4.78, 5) is 12.4. The molecular weight excluding hydrogens is 417 g/mol. The lowest BCUT2D eigenvalue weighted by Crippen LogP contribution is -2.23. The minimum Gasteiger partial charge on any atom is -0.457 e. The van der Waals surface area contributed by atoms with Gasteiger partial charge in [0.2, 0.25) is 0 Å². The third-order valence-electron chi connectivity index (χ3n) is 4.04. The van der Waals surface area contributed by atoms with Crippen molar-refractivity contribution in [2.45, 2.75) is 11.4 Å². The van der Waals surface area contributed by atoms with Gasteiger partial charge in [-0.25, -0.2) is 12.8 Å². The molecule has 0 radical (unpaired) electrons. The van der Waals surface area contributed by atoms with Gasteiger partial charge < -0.3 is 10.1 Å². The molecule has 29 heavy (non-hydrogen) atoms. The Morgan fingerprint density at radius 2 is 1.59 bits per heavy atom. The predicted octanol–water partition coefficient (Wildman–Crippen LogP) is 4.60. The highest BCUT2D eigenvalue weighted by atomic mass is 35.5. The number of carbonyl (C=O) groups is 1. The van der Waals surface area contributed by atoms with Crippen molar-refractivity contribution in [3.63, 3.8) is 0 Å². The number of hydrogen-bond donors (Lipinski definition) is 1. The van der Waals surface area contributed by atoms with Crippen molar-refractivity contribution in [2.75, 3.05) is 6.26 Å². The molecule has 3 aromatic carbocycles. The summed E-state index contributed by atoms with van der Waals surface area (Å²) in [5.41, 5.74) is 0.894. The van der Waals surface area contributed by atoms with Crippen molar-refractivity contribution < 1.29 is 22.3 Å². The topological polar surface area (TPSA) is 72.5 Å². The van der Waals surface area contributed by atoms with Crippen LogP contribution in [-0.4, -0.2) is 20.6 Å². The van der Waals surface area contributed by atoms with E-state index in [1.807, 2.05) is 0 Å². The molecular formula is C21H17ClFNO4S. The van der Waals surface area contributed by atoms with E-state index in [2.05, 4.69) is 5.32 Å². The van der Waals surface area contributed by atoms with Crippen LogP contribution in [0.2, 0.25) is 5.02 Å². The fourth-order valence-electron chi connectivity index (χ4n) is 2.50. The van der Waals surface area contributed by atoms with Gasteiger partial charge in [0.1, 0.15) is 17.3 Å². The number of ether oxygens (including phenoxy) is 1. The second kappa shape index (κ2) is 8.63. The van der Waals surface area contributed by atoms with E-state index >= 15 is 0 Å². The molecule has 0 unspecified atom stereocenters. The van der Waals surface area contributed by atoms with Crippen LogP contribution in [0.5, 0.6) is 11.5 Å². The van der Waals surface area contributed by atoms with Crippen LogP contribution in [0.1, 0.15) is 15.9 Å². The molecule has 0 fully saturated rings. The number of carbonyl (C=O) groups excluding carboxylic acids is 1. The van der Waals surface area contributed by atoms with Gasteiger partial charge in [0.25, 0.3) is 5.91 Å². The maximum atomic E-state index is 12.9. The highest BCUT2D eigenvalue weighted by Gasteiger charge is 2.15. The van der Waals surface area contributed by atoms with Crippen LogP contribution in [0.4, 0.5) is 4.39 Å². The predicted molar refractivity (Wildman–Crippen MR) is 109 cm³/mol. The van der Waals surface area contributed by atoms with E-state index < -0.39 is 15.7 Å². The zero-order valence-corrected chi connectivity index (χ0v) is 16.9. The van der Waals surface area contributed by atoms with E-state index in [1.165, 1.54) is 42.5 Å². The molecule has 0 aromatic heterocycles. The first-order valence-electron chi connectivity index (χ1n) is 8.52. The Morgan fingerprint density at radius 3 is 2.17 bits per heavy atom. The van der Waals surface area contributed by atoms with Crippen LogP contribution in [-0.2, 0) is 16.4 Å². The third-order valence-corrected chi connectivity index (χ3v) is 5.48. The van der Waals surface area contributed by atoms with Gasteiger partial charge >= 0.3 is 0 Å². The van der Waals surface area contributed by atoms with Crippen LogP contribution < -0.4 is 10.1 Å². The summed E-state index contributed by atoms with van der Waals surface area (Å²) >= 11 is 6.03. The first-order chi connectivity index (χ1) is 13.7. The van der Waals surface area contributed by atoms with Crippen molar-refractivity contribution >= 4 is 27.3 Å². The lowest BCUT2D eigenvalue weighted by atomic mass is 10.2. The first-order valence-corrected chi connectivity index (χ1v) is 10.8. The van der Waals surface area contributed by atoms with Gasteiger partial charge in [-0.05, 0) is 60.2 Å². The zero-order valence-electron chi connectivity index (χ0n) is 15.4. The van der Waals surface area contributed by atoms with Crippen molar-refractivity contribution in [3.05, 3.63) is 88.7 Å². The van der Waals surface area contributed by atoms with Crippen molar-refractivity contribution in [2.24, 2.45) is 0 Å². The van der Waals surface area contributed by atoms with E-state index in [1.54, 1.807) is 24.3 Å². The number of nitrogens with one attached hydrogen (secondary N) is 1. The van der Waals surface area contributed by atoms with Gasteiger partial charge in [-0.2, -0.15) is 0 Å². The fraction of sp³-hybridized carbons (Fsp3) is 0.0952. The van der Waals surface area contributed by atoms with E-state index in [-0.39, 0.29) is 27.8 Å². The van der Waals surface area contributed by atoms with Crippen molar-refractivity contribution in [3.8, 4) is 11.5 Å². The fourth-order valence-corrected chi connectivity index (χ4v) is 3.35. The Kier molecular flexibility index (Phi) is 6.20. The molecule has 150 valence electrons. The summed E-state index contributed by atoms with van der Waals surface area (Å²) in [5, 5.41) is 2.87. The molecule has 0 aliphatic rings. The van der Waals surface area contributed by atoms with Crippen molar-refractivity contribution in [1.82, 2.24) is 5.32 Å². The first kappa shape index (κ1) is 20.8. The van der Waals surface area contributed by atoms with Crippen LogP contribution in [0.3, 0.4) is 0 Å². The Hall–Kier alpha value is -2.90. The SMILES string of the molecule is CS(=O)(=O)c1ccc(Cl)c(C(=O)NCc2ccc(Oc3ccc(F)cc3)cc2)c1. The molecule has 3 aromatic rings. The summed E-state index contributed by atoms with van der Waals surface area (Å²) in [7, 11) is -3.45. The maximum absolute atomic E-state index is 12.9. The number of amides is 1. The minimum absolute atomic E-state index is 0.0225. The molecule has 0 aliphatic carbocycles. The summed E-state index contributed by atoms with van der Waals surface area (Å²) in [5.74, 6) is 0.251. The molecule has 0 heterocycles. The van der Waals surface area contributed by atoms with E-state index in [0.29, 0.717) is 11.5 Å². The number of hydrogen-bond acceptors (Lipinski definition) is 4. The average molecular weight is 434 g/mol. The number of sulfone groups is 1. The third kappa shape index (κ3) is 5.56. The molecule has 8 heteroatoms. The maximum Gasteiger partial charge on any atom is 0.253 e. The average Bonchev–Trinajstić information content (AvgIpc) is 2.68. The van der Waals surface area contributed by atoms with Crippen molar-refractivity contribution in [1.29, 1.82) is 0 Å². The molecule has 0 saturated heterocycles. The van der Waals surface area contributed by atoms with Gasteiger partial charge in [0, 0.05) is 12.8 Å². The largest absolute Gasteiger partial charge is 0.457 e. The zero-order chi connectivity index (χ0) is 21.0. The summed E-state index contributed by atoms with van der Waals surface area (Å²) in [6.07, 6.45) is 1.06.